The zero-order valence-electron chi connectivity index (χ0n) is 15.2. The Morgan fingerprint density at radius 1 is 1.25 bits per heavy atom. The van der Waals surface area contributed by atoms with Gasteiger partial charge in [-0.2, -0.15) is 10.1 Å². The van der Waals surface area contributed by atoms with Crippen LogP contribution in [0.3, 0.4) is 0 Å². The molecule has 1 aromatic carbocycles. The number of nitrogens with zero attached hydrogens (tertiary/aromatic N) is 4. The van der Waals surface area contributed by atoms with Crippen molar-refractivity contribution in [1.29, 1.82) is 0 Å². The molecule has 1 aliphatic heterocycles. The topological polar surface area (TPSA) is 75.2 Å². The average Bonchev–Trinajstić information content (AvgIpc) is 3.47. The van der Waals surface area contributed by atoms with Crippen molar-refractivity contribution in [3.8, 4) is 28.0 Å². The summed E-state index contributed by atoms with van der Waals surface area (Å²) >= 11 is 1.57. The van der Waals surface area contributed by atoms with E-state index in [1.807, 2.05) is 59.5 Å². The number of hydrogen-bond donors (Lipinski definition) is 0. The van der Waals surface area contributed by atoms with Crippen LogP contribution in [-0.2, 0) is 17.9 Å². The first-order valence-electron chi connectivity index (χ1n) is 9.09. The Morgan fingerprint density at radius 3 is 2.93 bits per heavy atom. The molecule has 0 fully saturated rings. The van der Waals surface area contributed by atoms with E-state index in [1.54, 1.807) is 11.3 Å². The molecule has 1 aliphatic rings. The van der Waals surface area contributed by atoms with Gasteiger partial charge in [-0.05, 0) is 42.1 Å². The largest absolute Gasteiger partial charge is 0.494 e. The fourth-order valence-corrected chi connectivity index (χ4v) is 3.86. The fourth-order valence-electron chi connectivity index (χ4n) is 3.21. The maximum Gasteiger partial charge on any atom is 0.278 e. The zero-order chi connectivity index (χ0) is 18.9. The van der Waals surface area contributed by atoms with Gasteiger partial charge in [0.1, 0.15) is 11.9 Å². The van der Waals surface area contributed by atoms with Gasteiger partial charge in [0, 0.05) is 0 Å². The molecular formula is C20H18N4O3S. The minimum absolute atomic E-state index is 0.0553. The lowest BCUT2D eigenvalue weighted by molar-refractivity contribution is -0.00115. The van der Waals surface area contributed by atoms with Crippen molar-refractivity contribution in [3.05, 3.63) is 59.1 Å². The van der Waals surface area contributed by atoms with Gasteiger partial charge in [-0.1, -0.05) is 23.4 Å². The third-order valence-corrected chi connectivity index (χ3v) is 5.45. The molecular weight excluding hydrogens is 376 g/mol. The first-order chi connectivity index (χ1) is 13.8. The Balaban J connectivity index is 1.35. The number of hydrogen-bond acceptors (Lipinski definition) is 7. The van der Waals surface area contributed by atoms with Crippen molar-refractivity contribution in [2.45, 2.75) is 26.2 Å². The summed E-state index contributed by atoms with van der Waals surface area (Å²) in [5.74, 6) is 1.87. The number of fused-ring (bicyclic) bond motifs is 1. The van der Waals surface area contributed by atoms with Crippen molar-refractivity contribution in [1.82, 2.24) is 19.9 Å². The third-order valence-electron chi connectivity index (χ3n) is 4.58. The Hall–Kier alpha value is -2.97. The molecule has 7 nitrogen and oxygen atoms in total. The number of aromatic nitrogens is 4. The molecule has 1 atom stereocenters. The molecule has 28 heavy (non-hydrogen) atoms. The van der Waals surface area contributed by atoms with E-state index in [9.17, 15) is 0 Å². The molecule has 0 spiro atoms. The Morgan fingerprint density at radius 2 is 2.14 bits per heavy atom. The van der Waals surface area contributed by atoms with E-state index < -0.39 is 0 Å². The summed E-state index contributed by atoms with van der Waals surface area (Å²) in [6.07, 6.45) is -0.0553. The van der Waals surface area contributed by atoms with E-state index in [2.05, 4.69) is 15.2 Å². The SMILES string of the molecule is CCOc1ccc([C@@H]2Cn3nc(-c4nc(-c5cccs5)no4)cc3CO2)cc1. The van der Waals surface area contributed by atoms with Gasteiger partial charge in [-0.25, -0.2) is 0 Å². The lowest BCUT2D eigenvalue weighted by Gasteiger charge is -2.24. The second kappa shape index (κ2) is 7.21. The smallest absolute Gasteiger partial charge is 0.278 e. The predicted molar refractivity (Wildman–Crippen MR) is 104 cm³/mol. The van der Waals surface area contributed by atoms with Crippen LogP contribution in [0, 0.1) is 0 Å². The number of benzene rings is 1. The molecule has 0 saturated carbocycles. The summed E-state index contributed by atoms with van der Waals surface area (Å²) in [4.78, 5) is 5.44. The van der Waals surface area contributed by atoms with E-state index in [1.165, 1.54) is 0 Å². The molecule has 0 saturated heterocycles. The summed E-state index contributed by atoms with van der Waals surface area (Å²) in [6.45, 7) is 3.75. The number of ether oxygens (including phenoxy) is 2. The van der Waals surface area contributed by atoms with Crippen LogP contribution < -0.4 is 4.74 Å². The number of thiophene rings is 1. The minimum Gasteiger partial charge on any atom is -0.494 e. The highest BCUT2D eigenvalue weighted by molar-refractivity contribution is 7.13. The fraction of sp³-hybridized carbons (Fsp3) is 0.250. The first-order valence-corrected chi connectivity index (χ1v) is 9.97. The van der Waals surface area contributed by atoms with Crippen molar-refractivity contribution < 1.29 is 14.0 Å². The molecule has 8 heteroatoms. The van der Waals surface area contributed by atoms with Gasteiger partial charge in [-0.15, -0.1) is 11.3 Å². The summed E-state index contributed by atoms with van der Waals surface area (Å²) in [6, 6.07) is 13.9. The van der Waals surface area contributed by atoms with E-state index in [0.717, 1.165) is 21.9 Å². The van der Waals surface area contributed by atoms with Crippen molar-refractivity contribution >= 4 is 11.3 Å². The average molecular weight is 394 g/mol. The van der Waals surface area contributed by atoms with Crippen LogP contribution >= 0.6 is 11.3 Å². The normalized spacial score (nSPS) is 16.1. The molecule has 0 radical (unpaired) electrons. The molecule has 142 valence electrons. The molecule has 0 unspecified atom stereocenters. The maximum atomic E-state index is 6.04. The van der Waals surface area contributed by atoms with Crippen molar-refractivity contribution in [2.24, 2.45) is 0 Å². The van der Waals surface area contributed by atoms with Gasteiger partial charge in [0.05, 0.1) is 30.3 Å². The summed E-state index contributed by atoms with van der Waals surface area (Å²) in [5, 5.41) is 10.7. The maximum absolute atomic E-state index is 6.04. The quantitative estimate of drug-likeness (QED) is 0.501. The third kappa shape index (κ3) is 3.21. The van der Waals surface area contributed by atoms with E-state index >= 15 is 0 Å². The summed E-state index contributed by atoms with van der Waals surface area (Å²) < 4.78 is 18.9. The highest BCUT2D eigenvalue weighted by Crippen LogP contribution is 2.30. The predicted octanol–water partition coefficient (Wildman–Crippen LogP) is 4.33. The van der Waals surface area contributed by atoms with Crippen LogP contribution in [0.4, 0.5) is 0 Å². The minimum atomic E-state index is -0.0553. The highest BCUT2D eigenvalue weighted by Gasteiger charge is 2.24. The molecule has 0 N–H and O–H groups in total. The van der Waals surface area contributed by atoms with E-state index in [0.29, 0.717) is 37.2 Å². The lowest BCUT2D eigenvalue weighted by Crippen LogP contribution is -2.21. The highest BCUT2D eigenvalue weighted by atomic mass is 32.1. The molecule has 3 aromatic heterocycles. The Kier molecular flexibility index (Phi) is 4.42. The standard InChI is InChI=1S/C20H18N4O3S/c1-2-25-15-7-5-13(6-8-15)17-11-24-14(12-26-17)10-16(22-24)20-21-19(23-27-20)18-4-3-9-28-18/h3-10,17H,2,11-12H2,1H3/t17-/m0/s1. The van der Waals surface area contributed by atoms with E-state index in [-0.39, 0.29) is 6.10 Å². The molecule has 0 amide bonds. The van der Waals surface area contributed by atoms with Crippen LogP contribution in [0.25, 0.3) is 22.3 Å². The van der Waals surface area contributed by atoms with Crippen LogP contribution in [0.5, 0.6) is 5.75 Å². The molecule has 4 aromatic rings. The Bertz CT molecular complexity index is 1070. The second-order valence-corrected chi connectivity index (χ2v) is 7.35. The van der Waals surface area contributed by atoms with Crippen LogP contribution in [0.15, 0.2) is 52.4 Å². The van der Waals surface area contributed by atoms with Gasteiger partial charge in [0.15, 0.2) is 5.69 Å². The van der Waals surface area contributed by atoms with Crippen LogP contribution in [0.2, 0.25) is 0 Å². The van der Waals surface area contributed by atoms with Crippen LogP contribution in [0.1, 0.15) is 24.3 Å². The number of rotatable bonds is 5. The van der Waals surface area contributed by atoms with Gasteiger partial charge in [0.25, 0.3) is 5.89 Å². The van der Waals surface area contributed by atoms with Gasteiger partial charge < -0.3 is 14.0 Å². The summed E-state index contributed by atoms with van der Waals surface area (Å²) in [7, 11) is 0. The molecule has 0 aliphatic carbocycles. The van der Waals surface area contributed by atoms with E-state index in [4.69, 9.17) is 14.0 Å². The summed E-state index contributed by atoms with van der Waals surface area (Å²) in [5.41, 5.74) is 2.76. The van der Waals surface area contributed by atoms with Gasteiger partial charge in [-0.3, -0.25) is 4.68 Å². The molecule has 4 heterocycles. The van der Waals surface area contributed by atoms with Gasteiger partial charge >= 0.3 is 0 Å². The first kappa shape index (κ1) is 17.2. The lowest BCUT2D eigenvalue weighted by atomic mass is 10.1. The molecule has 0 bridgehead atoms. The second-order valence-electron chi connectivity index (χ2n) is 6.41. The van der Waals surface area contributed by atoms with Crippen LogP contribution in [-0.4, -0.2) is 26.5 Å². The zero-order valence-corrected chi connectivity index (χ0v) is 16.1. The van der Waals surface area contributed by atoms with Crippen molar-refractivity contribution in [2.75, 3.05) is 6.61 Å². The van der Waals surface area contributed by atoms with Crippen molar-refractivity contribution in [3.63, 3.8) is 0 Å². The monoisotopic (exact) mass is 394 g/mol. The molecule has 5 rings (SSSR count). The van der Waals surface area contributed by atoms with Gasteiger partial charge in [0.2, 0.25) is 5.82 Å². The Labute approximate surface area is 165 Å².